The minimum atomic E-state index is -1.80. The van der Waals surface area contributed by atoms with Gasteiger partial charge in [0.25, 0.3) is 5.56 Å². The van der Waals surface area contributed by atoms with Gasteiger partial charge in [0.2, 0.25) is 0 Å². The van der Waals surface area contributed by atoms with Crippen LogP contribution in [0.25, 0.3) is 22.3 Å². The van der Waals surface area contributed by atoms with Gasteiger partial charge in [-0.1, -0.05) is 38.5 Å². The van der Waals surface area contributed by atoms with Crippen LogP contribution in [0.4, 0.5) is 0 Å². The van der Waals surface area contributed by atoms with Crippen molar-refractivity contribution in [1.82, 2.24) is 9.55 Å². The highest BCUT2D eigenvalue weighted by atomic mass is 16.6. The van der Waals surface area contributed by atoms with E-state index in [4.69, 9.17) is 9.72 Å². The van der Waals surface area contributed by atoms with Crippen LogP contribution in [0, 0.1) is 0 Å². The highest BCUT2D eigenvalue weighted by molar-refractivity contribution is 5.87. The van der Waals surface area contributed by atoms with E-state index in [1.807, 2.05) is 12.1 Å². The molecule has 4 heterocycles. The van der Waals surface area contributed by atoms with Crippen LogP contribution in [-0.2, 0) is 34.7 Å². The van der Waals surface area contributed by atoms with Crippen molar-refractivity contribution in [2.24, 2.45) is 0 Å². The van der Waals surface area contributed by atoms with Gasteiger partial charge < -0.3 is 14.4 Å². The molecule has 1 N–H and O–H groups in total. The molecule has 0 spiro atoms. The molecule has 2 aromatic heterocycles. The quantitative estimate of drug-likeness (QED) is 0.544. The molecule has 0 saturated heterocycles. The molecule has 0 bridgehead atoms. The molecule has 29 heavy (non-hydrogen) atoms. The maximum atomic E-state index is 13.2. The second-order valence-corrected chi connectivity index (χ2v) is 7.84. The van der Waals surface area contributed by atoms with Gasteiger partial charge in [0.1, 0.15) is 6.61 Å². The van der Waals surface area contributed by atoms with Crippen molar-refractivity contribution in [2.75, 3.05) is 0 Å². The lowest BCUT2D eigenvalue weighted by Crippen LogP contribution is -2.44. The summed E-state index contributed by atoms with van der Waals surface area (Å²) in [5.41, 5.74) is 3.17. The van der Waals surface area contributed by atoms with Gasteiger partial charge in [0.15, 0.2) is 5.60 Å². The van der Waals surface area contributed by atoms with Gasteiger partial charge in [-0.05, 0) is 30.5 Å². The van der Waals surface area contributed by atoms with Crippen LogP contribution in [0.1, 0.15) is 48.9 Å². The summed E-state index contributed by atoms with van der Waals surface area (Å²) in [6.45, 7) is 4.16. The van der Waals surface area contributed by atoms with Gasteiger partial charge in [0, 0.05) is 16.5 Å². The van der Waals surface area contributed by atoms with Crippen molar-refractivity contribution in [3.05, 3.63) is 62.9 Å². The van der Waals surface area contributed by atoms with Crippen molar-refractivity contribution in [3.8, 4) is 11.4 Å². The van der Waals surface area contributed by atoms with E-state index in [1.165, 1.54) is 5.56 Å². The van der Waals surface area contributed by atoms with Crippen LogP contribution in [0.2, 0.25) is 0 Å². The lowest BCUT2D eigenvalue weighted by molar-refractivity contribution is -0.172. The molecule has 0 saturated carbocycles. The van der Waals surface area contributed by atoms with Gasteiger partial charge in [-0.2, -0.15) is 0 Å². The fourth-order valence-corrected chi connectivity index (χ4v) is 4.54. The number of aryl methyl sites for hydroxylation is 1. The van der Waals surface area contributed by atoms with Gasteiger partial charge in [-0.15, -0.1) is 0 Å². The summed E-state index contributed by atoms with van der Waals surface area (Å²) in [7, 11) is 0. The number of fused-ring (bicyclic) bond motifs is 5. The zero-order valence-corrected chi connectivity index (χ0v) is 16.5. The number of benzene rings is 1. The van der Waals surface area contributed by atoms with Crippen LogP contribution in [0.3, 0.4) is 0 Å². The fraction of sp³-hybridized carbons (Fsp3) is 0.348. The number of aliphatic hydroxyl groups is 1. The van der Waals surface area contributed by atoms with E-state index < -0.39 is 11.6 Å². The molecule has 0 aliphatic carbocycles. The summed E-state index contributed by atoms with van der Waals surface area (Å²) < 4.78 is 6.79. The molecule has 5 rings (SSSR count). The lowest BCUT2D eigenvalue weighted by Gasteiger charge is -2.31. The first kappa shape index (κ1) is 18.1. The molecule has 0 amide bonds. The van der Waals surface area contributed by atoms with Gasteiger partial charge >= 0.3 is 5.97 Å². The summed E-state index contributed by atoms with van der Waals surface area (Å²) in [6, 6.07) is 10.0. The zero-order valence-electron chi connectivity index (χ0n) is 16.5. The van der Waals surface area contributed by atoms with Crippen LogP contribution in [0.15, 0.2) is 35.1 Å². The molecule has 1 atom stereocenters. The molecule has 1 unspecified atom stereocenters. The maximum Gasteiger partial charge on any atom is 0.343 e. The van der Waals surface area contributed by atoms with Crippen molar-refractivity contribution in [2.45, 2.75) is 51.9 Å². The Hall–Kier alpha value is -2.99. The van der Waals surface area contributed by atoms with Crippen molar-refractivity contribution in [3.63, 3.8) is 0 Å². The molecule has 2 aliphatic rings. The number of cyclic esters (lactones) is 1. The predicted molar refractivity (Wildman–Crippen MR) is 109 cm³/mol. The highest BCUT2D eigenvalue weighted by Crippen LogP contribution is 2.38. The number of aromatic nitrogens is 2. The first-order chi connectivity index (χ1) is 14.0. The monoisotopic (exact) mass is 390 g/mol. The summed E-state index contributed by atoms with van der Waals surface area (Å²) in [5, 5.41) is 12.0. The molecular weight excluding hydrogens is 368 g/mol. The largest absolute Gasteiger partial charge is 0.458 e. The number of hydrogen-bond donors (Lipinski definition) is 1. The smallest absolute Gasteiger partial charge is 0.343 e. The summed E-state index contributed by atoms with van der Waals surface area (Å²) >= 11 is 0. The SMILES string of the molecule is CCCc1cccc2cc3c(nc12)-c1cc2c(c(=O)n1C3)COC(=O)C2(O)CC. The Bertz CT molecular complexity index is 1240. The topological polar surface area (TPSA) is 81.4 Å². The Balaban J connectivity index is 1.78. The third kappa shape index (κ3) is 2.42. The molecule has 148 valence electrons. The van der Waals surface area contributed by atoms with Crippen LogP contribution >= 0.6 is 0 Å². The minimum absolute atomic E-state index is 0.109. The summed E-state index contributed by atoms with van der Waals surface area (Å²) in [6.07, 6.45) is 2.09. The third-order valence-electron chi connectivity index (χ3n) is 6.14. The highest BCUT2D eigenvalue weighted by Gasteiger charge is 2.45. The standard InChI is InChI=1S/C23H22N2O4/c1-3-6-13-7-5-8-14-9-15-11-25-18(20(15)24-19(13)14)10-17-16(21(25)26)12-29-22(27)23(17,28)4-2/h5,7-10,28H,3-4,6,11-12H2,1-2H3. The van der Waals surface area contributed by atoms with E-state index in [9.17, 15) is 14.7 Å². The average Bonchev–Trinajstić information content (AvgIpc) is 3.08. The Morgan fingerprint density at radius 2 is 2.07 bits per heavy atom. The Kier molecular flexibility index (Phi) is 3.90. The predicted octanol–water partition coefficient (Wildman–Crippen LogP) is 3.03. The molecule has 3 aromatic rings. The Morgan fingerprint density at radius 3 is 2.83 bits per heavy atom. The first-order valence-electron chi connectivity index (χ1n) is 10.1. The fourth-order valence-electron chi connectivity index (χ4n) is 4.54. The second kappa shape index (κ2) is 6.26. The lowest BCUT2D eigenvalue weighted by atomic mass is 9.86. The number of pyridine rings is 2. The summed E-state index contributed by atoms with van der Waals surface area (Å²) in [4.78, 5) is 30.4. The van der Waals surface area contributed by atoms with Crippen molar-refractivity contribution in [1.29, 1.82) is 0 Å². The number of carbonyl (C=O) groups is 1. The molecule has 2 aliphatic heterocycles. The van der Waals surface area contributed by atoms with Crippen LogP contribution in [0.5, 0.6) is 0 Å². The van der Waals surface area contributed by atoms with Gasteiger partial charge in [0.05, 0.1) is 29.0 Å². The number of carbonyl (C=O) groups excluding carboxylic acids is 1. The van der Waals surface area contributed by atoms with E-state index >= 15 is 0 Å². The second-order valence-electron chi connectivity index (χ2n) is 7.84. The molecule has 0 radical (unpaired) electrons. The first-order valence-corrected chi connectivity index (χ1v) is 10.1. The molecule has 6 nitrogen and oxygen atoms in total. The van der Waals surface area contributed by atoms with E-state index in [1.54, 1.807) is 17.6 Å². The molecular formula is C23H22N2O4. The Labute approximate surface area is 167 Å². The van der Waals surface area contributed by atoms with Gasteiger partial charge in [-0.3, -0.25) is 4.79 Å². The molecule has 1 aromatic carbocycles. The zero-order chi connectivity index (χ0) is 20.3. The van der Waals surface area contributed by atoms with E-state index in [0.717, 1.165) is 35.0 Å². The number of ether oxygens (including phenoxy) is 1. The number of para-hydroxylation sites is 1. The van der Waals surface area contributed by atoms with Crippen LogP contribution < -0.4 is 5.56 Å². The number of esters is 1. The van der Waals surface area contributed by atoms with E-state index in [2.05, 4.69) is 19.1 Å². The van der Waals surface area contributed by atoms with Crippen molar-refractivity contribution >= 4 is 16.9 Å². The average molecular weight is 390 g/mol. The molecule has 6 heteroatoms. The van der Waals surface area contributed by atoms with Crippen LogP contribution in [-0.4, -0.2) is 20.6 Å². The number of nitrogens with zero attached hydrogens (tertiary/aromatic N) is 2. The normalized spacial score (nSPS) is 19.6. The van der Waals surface area contributed by atoms with E-state index in [0.29, 0.717) is 23.4 Å². The third-order valence-corrected chi connectivity index (χ3v) is 6.14. The van der Waals surface area contributed by atoms with E-state index in [-0.39, 0.29) is 18.6 Å². The Morgan fingerprint density at radius 1 is 1.24 bits per heavy atom. The maximum absolute atomic E-state index is 13.2. The summed E-state index contributed by atoms with van der Waals surface area (Å²) in [5.74, 6) is -0.702. The molecule has 0 fully saturated rings. The van der Waals surface area contributed by atoms with Gasteiger partial charge in [-0.25, -0.2) is 9.78 Å². The number of rotatable bonds is 3. The van der Waals surface area contributed by atoms with Crippen molar-refractivity contribution < 1.29 is 14.6 Å². The number of hydrogen-bond acceptors (Lipinski definition) is 5. The minimum Gasteiger partial charge on any atom is -0.458 e.